The first kappa shape index (κ1) is 10.0. The Bertz CT molecular complexity index is 122. The third kappa shape index (κ3) is 3.14. The molecule has 1 heteroatoms. The molecule has 0 spiro atoms. The van der Waals surface area contributed by atoms with E-state index in [9.17, 15) is 0 Å². The van der Waals surface area contributed by atoms with Gasteiger partial charge in [-0.15, -0.1) is 0 Å². The van der Waals surface area contributed by atoms with Gasteiger partial charge in [0.1, 0.15) is 0 Å². The Morgan fingerprint density at radius 2 is 2.17 bits per heavy atom. The molecule has 1 saturated carbocycles. The van der Waals surface area contributed by atoms with Crippen LogP contribution in [0.5, 0.6) is 0 Å². The van der Waals surface area contributed by atoms with Gasteiger partial charge in [-0.25, -0.2) is 0 Å². The third-order valence-electron chi connectivity index (χ3n) is 3.26. The third-order valence-corrected chi connectivity index (χ3v) is 3.26. The Labute approximate surface area is 76.7 Å². The fourth-order valence-corrected chi connectivity index (χ4v) is 2.28. The highest BCUT2D eigenvalue weighted by Crippen LogP contribution is 2.29. The Hall–Kier alpha value is -0.0400. The van der Waals surface area contributed by atoms with E-state index in [2.05, 4.69) is 13.8 Å². The molecule has 1 nitrogen and oxygen atoms in total. The van der Waals surface area contributed by atoms with E-state index in [-0.39, 0.29) is 0 Å². The average Bonchev–Trinajstić information content (AvgIpc) is 2.04. The maximum absolute atomic E-state index is 5.94. The monoisotopic (exact) mass is 169 g/mol. The van der Waals surface area contributed by atoms with Gasteiger partial charge in [0.25, 0.3) is 0 Å². The zero-order valence-electron chi connectivity index (χ0n) is 8.55. The number of hydrogen-bond donors (Lipinski definition) is 1. The molecule has 1 fully saturated rings. The van der Waals surface area contributed by atoms with Gasteiger partial charge in [-0.2, -0.15) is 0 Å². The largest absolute Gasteiger partial charge is 0.328 e. The van der Waals surface area contributed by atoms with Gasteiger partial charge in [-0.05, 0) is 31.1 Å². The van der Waals surface area contributed by atoms with Gasteiger partial charge in [0.2, 0.25) is 0 Å². The Kier molecular flexibility index (Phi) is 4.07. The molecule has 2 N–H and O–H groups in total. The molecular formula is C11H23N. The summed E-state index contributed by atoms with van der Waals surface area (Å²) < 4.78 is 0. The lowest BCUT2D eigenvalue weighted by molar-refractivity contribution is 0.270. The summed E-state index contributed by atoms with van der Waals surface area (Å²) in [5.74, 6) is 1.84. The predicted octanol–water partition coefficient (Wildman–Crippen LogP) is 2.94. The van der Waals surface area contributed by atoms with E-state index < -0.39 is 0 Å². The second kappa shape index (κ2) is 4.86. The number of nitrogens with two attached hydrogens (primary N) is 1. The maximum atomic E-state index is 5.94. The molecule has 1 aliphatic rings. The standard InChI is InChI=1S/C11H23N/c1-3-9(2)7-10-5-4-6-11(12)8-10/h9-11H,3-8,12H2,1-2H3. The fourth-order valence-electron chi connectivity index (χ4n) is 2.28. The summed E-state index contributed by atoms with van der Waals surface area (Å²) in [6.07, 6.45) is 8.07. The van der Waals surface area contributed by atoms with E-state index >= 15 is 0 Å². The van der Waals surface area contributed by atoms with Crippen LogP contribution in [-0.2, 0) is 0 Å². The summed E-state index contributed by atoms with van der Waals surface area (Å²) in [5, 5.41) is 0. The predicted molar refractivity (Wildman–Crippen MR) is 54.0 cm³/mol. The molecule has 12 heavy (non-hydrogen) atoms. The average molecular weight is 169 g/mol. The van der Waals surface area contributed by atoms with Crippen molar-refractivity contribution >= 4 is 0 Å². The van der Waals surface area contributed by atoms with Crippen molar-refractivity contribution in [3.63, 3.8) is 0 Å². The summed E-state index contributed by atoms with van der Waals surface area (Å²) in [4.78, 5) is 0. The smallest absolute Gasteiger partial charge is 0.00414 e. The van der Waals surface area contributed by atoms with Crippen LogP contribution in [0.2, 0.25) is 0 Å². The van der Waals surface area contributed by atoms with Gasteiger partial charge in [-0.1, -0.05) is 33.1 Å². The minimum absolute atomic E-state index is 0.507. The lowest BCUT2D eigenvalue weighted by Gasteiger charge is -2.28. The molecule has 0 aromatic rings. The van der Waals surface area contributed by atoms with Crippen LogP contribution >= 0.6 is 0 Å². The van der Waals surface area contributed by atoms with Crippen LogP contribution in [0.15, 0.2) is 0 Å². The van der Waals surface area contributed by atoms with E-state index in [4.69, 9.17) is 5.73 Å². The molecular weight excluding hydrogens is 146 g/mol. The molecule has 72 valence electrons. The van der Waals surface area contributed by atoms with Crippen LogP contribution < -0.4 is 5.73 Å². The van der Waals surface area contributed by atoms with E-state index in [0.29, 0.717) is 6.04 Å². The molecule has 3 atom stereocenters. The van der Waals surface area contributed by atoms with Crippen LogP contribution in [0, 0.1) is 11.8 Å². The second-order valence-corrected chi connectivity index (χ2v) is 4.54. The summed E-state index contributed by atoms with van der Waals surface area (Å²) in [5.41, 5.74) is 5.94. The lowest BCUT2D eigenvalue weighted by Crippen LogP contribution is -2.28. The van der Waals surface area contributed by atoms with Crippen molar-refractivity contribution in [2.45, 2.75) is 58.4 Å². The molecule has 0 saturated heterocycles. The van der Waals surface area contributed by atoms with Crippen LogP contribution in [0.1, 0.15) is 52.4 Å². The van der Waals surface area contributed by atoms with Crippen LogP contribution in [-0.4, -0.2) is 6.04 Å². The van der Waals surface area contributed by atoms with Crippen LogP contribution in [0.25, 0.3) is 0 Å². The highest BCUT2D eigenvalue weighted by molar-refractivity contribution is 4.76. The Morgan fingerprint density at radius 1 is 1.42 bits per heavy atom. The summed E-state index contributed by atoms with van der Waals surface area (Å²) in [6.45, 7) is 4.65. The first-order valence-corrected chi connectivity index (χ1v) is 5.48. The van der Waals surface area contributed by atoms with Crippen LogP contribution in [0.3, 0.4) is 0 Å². The summed E-state index contributed by atoms with van der Waals surface area (Å²) in [6, 6.07) is 0.507. The molecule has 0 aromatic carbocycles. The first-order chi connectivity index (χ1) is 5.72. The Balaban J connectivity index is 2.22. The quantitative estimate of drug-likeness (QED) is 0.690. The molecule has 0 aromatic heterocycles. The van der Waals surface area contributed by atoms with Crippen molar-refractivity contribution in [2.75, 3.05) is 0 Å². The van der Waals surface area contributed by atoms with Crippen LogP contribution in [0.4, 0.5) is 0 Å². The zero-order valence-corrected chi connectivity index (χ0v) is 8.55. The molecule has 0 heterocycles. The molecule has 1 rings (SSSR count). The second-order valence-electron chi connectivity index (χ2n) is 4.54. The lowest BCUT2D eigenvalue weighted by atomic mass is 9.80. The number of rotatable bonds is 3. The molecule has 1 aliphatic carbocycles. The van der Waals surface area contributed by atoms with Gasteiger partial charge < -0.3 is 5.73 Å². The van der Waals surface area contributed by atoms with Gasteiger partial charge in [0.15, 0.2) is 0 Å². The SMILES string of the molecule is CCC(C)CC1CCCC(N)C1. The highest BCUT2D eigenvalue weighted by atomic mass is 14.6. The fraction of sp³-hybridized carbons (Fsp3) is 1.00. The van der Waals surface area contributed by atoms with Gasteiger partial charge in [0.05, 0.1) is 0 Å². The summed E-state index contributed by atoms with van der Waals surface area (Å²) >= 11 is 0. The Morgan fingerprint density at radius 3 is 2.75 bits per heavy atom. The van der Waals surface area contributed by atoms with Gasteiger partial charge >= 0.3 is 0 Å². The van der Waals surface area contributed by atoms with Crippen molar-refractivity contribution in [1.29, 1.82) is 0 Å². The van der Waals surface area contributed by atoms with Crippen molar-refractivity contribution in [2.24, 2.45) is 17.6 Å². The van der Waals surface area contributed by atoms with Crippen molar-refractivity contribution in [3.8, 4) is 0 Å². The normalized spacial score (nSPS) is 33.2. The molecule has 0 aliphatic heterocycles. The first-order valence-electron chi connectivity index (χ1n) is 5.48. The minimum Gasteiger partial charge on any atom is -0.328 e. The van der Waals surface area contributed by atoms with E-state index in [1.165, 1.54) is 38.5 Å². The molecule has 0 bridgehead atoms. The van der Waals surface area contributed by atoms with E-state index in [0.717, 1.165) is 11.8 Å². The van der Waals surface area contributed by atoms with E-state index in [1.807, 2.05) is 0 Å². The van der Waals surface area contributed by atoms with Gasteiger partial charge in [0, 0.05) is 6.04 Å². The van der Waals surface area contributed by atoms with Gasteiger partial charge in [-0.3, -0.25) is 0 Å². The van der Waals surface area contributed by atoms with E-state index in [1.54, 1.807) is 0 Å². The summed E-state index contributed by atoms with van der Waals surface area (Å²) in [7, 11) is 0. The van der Waals surface area contributed by atoms with Crippen molar-refractivity contribution in [3.05, 3.63) is 0 Å². The van der Waals surface area contributed by atoms with Crippen molar-refractivity contribution in [1.82, 2.24) is 0 Å². The molecule has 0 amide bonds. The molecule has 0 radical (unpaired) electrons. The topological polar surface area (TPSA) is 26.0 Å². The highest BCUT2D eigenvalue weighted by Gasteiger charge is 2.20. The number of hydrogen-bond acceptors (Lipinski definition) is 1. The molecule has 3 unspecified atom stereocenters. The zero-order chi connectivity index (χ0) is 8.97. The van der Waals surface area contributed by atoms with Crippen molar-refractivity contribution < 1.29 is 0 Å². The minimum atomic E-state index is 0.507. The maximum Gasteiger partial charge on any atom is 0.00414 e.